The van der Waals surface area contributed by atoms with Crippen LogP contribution in [0, 0.1) is 0 Å². The van der Waals surface area contributed by atoms with Gasteiger partial charge in [0.1, 0.15) is 0 Å². The molecular weight excluding hydrogens is 358 g/mol. The SMILES string of the molecule is CCOc1ccc(CN2CC(c3nc(C(C)(C)C)no3)CC2=O)cc1OCC. The number of ether oxygens (including phenoxy) is 2. The number of amides is 1. The highest BCUT2D eigenvalue weighted by atomic mass is 16.5. The van der Waals surface area contributed by atoms with Crippen molar-refractivity contribution >= 4 is 5.91 Å². The van der Waals surface area contributed by atoms with E-state index in [2.05, 4.69) is 10.1 Å². The molecule has 7 nitrogen and oxygen atoms in total. The highest BCUT2D eigenvalue weighted by Crippen LogP contribution is 2.32. The van der Waals surface area contributed by atoms with Crippen LogP contribution in [0.5, 0.6) is 11.5 Å². The number of carbonyl (C=O) groups excluding carboxylic acids is 1. The zero-order valence-electron chi connectivity index (χ0n) is 17.3. The Morgan fingerprint density at radius 1 is 1.18 bits per heavy atom. The maximum Gasteiger partial charge on any atom is 0.232 e. The van der Waals surface area contributed by atoms with E-state index in [4.69, 9.17) is 14.0 Å². The van der Waals surface area contributed by atoms with E-state index >= 15 is 0 Å². The number of benzene rings is 1. The van der Waals surface area contributed by atoms with Crippen molar-refractivity contribution in [1.29, 1.82) is 0 Å². The third kappa shape index (κ3) is 4.46. The van der Waals surface area contributed by atoms with Gasteiger partial charge in [-0.25, -0.2) is 0 Å². The van der Waals surface area contributed by atoms with Crippen LogP contribution in [0.2, 0.25) is 0 Å². The minimum atomic E-state index is -0.179. The largest absolute Gasteiger partial charge is 0.490 e. The summed E-state index contributed by atoms with van der Waals surface area (Å²) in [5.41, 5.74) is 0.823. The first-order chi connectivity index (χ1) is 13.3. The van der Waals surface area contributed by atoms with Crippen LogP contribution in [-0.4, -0.2) is 40.7 Å². The van der Waals surface area contributed by atoms with Gasteiger partial charge >= 0.3 is 0 Å². The van der Waals surface area contributed by atoms with Crippen LogP contribution in [0.3, 0.4) is 0 Å². The monoisotopic (exact) mass is 387 g/mol. The van der Waals surface area contributed by atoms with E-state index in [0.717, 1.165) is 11.3 Å². The second-order valence-electron chi connectivity index (χ2n) is 8.03. The lowest BCUT2D eigenvalue weighted by atomic mass is 9.96. The standard InChI is InChI=1S/C21H29N3O4/c1-6-26-16-9-8-14(10-17(16)27-7-2)12-24-13-15(11-18(24)25)19-22-20(23-28-19)21(3,4)5/h8-10,15H,6-7,11-13H2,1-5H3. The average Bonchev–Trinajstić information content (AvgIpc) is 3.25. The Morgan fingerprint density at radius 3 is 2.54 bits per heavy atom. The van der Waals surface area contributed by atoms with E-state index in [1.54, 1.807) is 0 Å². The molecule has 0 N–H and O–H groups in total. The first-order valence-corrected chi connectivity index (χ1v) is 9.82. The Bertz CT molecular complexity index is 825. The molecule has 1 aliphatic heterocycles. The summed E-state index contributed by atoms with van der Waals surface area (Å²) in [6.45, 7) is 12.2. The zero-order valence-corrected chi connectivity index (χ0v) is 17.3. The van der Waals surface area contributed by atoms with E-state index in [9.17, 15) is 4.79 Å². The third-order valence-electron chi connectivity index (χ3n) is 4.66. The van der Waals surface area contributed by atoms with E-state index in [-0.39, 0.29) is 17.2 Å². The molecule has 0 saturated carbocycles. The Kier molecular flexibility index (Phi) is 5.91. The van der Waals surface area contributed by atoms with Crippen molar-refractivity contribution in [1.82, 2.24) is 15.0 Å². The Morgan fingerprint density at radius 2 is 1.89 bits per heavy atom. The first-order valence-electron chi connectivity index (χ1n) is 9.82. The molecule has 1 aromatic heterocycles. The molecule has 7 heteroatoms. The van der Waals surface area contributed by atoms with Crippen molar-refractivity contribution in [3.05, 3.63) is 35.5 Å². The van der Waals surface area contributed by atoms with Gasteiger partial charge < -0.3 is 18.9 Å². The summed E-state index contributed by atoms with van der Waals surface area (Å²) in [6, 6.07) is 5.81. The number of rotatable bonds is 7. The highest BCUT2D eigenvalue weighted by molar-refractivity contribution is 5.79. The molecule has 3 rings (SSSR count). The van der Waals surface area contributed by atoms with Crippen LogP contribution < -0.4 is 9.47 Å². The van der Waals surface area contributed by atoms with Gasteiger partial charge in [-0.2, -0.15) is 4.98 Å². The van der Waals surface area contributed by atoms with Gasteiger partial charge in [0.2, 0.25) is 11.8 Å². The van der Waals surface area contributed by atoms with Gasteiger partial charge in [-0.15, -0.1) is 0 Å². The number of aromatic nitrogens is 2. The van der Waals surface area contributed by atoms with Crippen LogP contribution in [0.4, 0.5) is 0 Å². The molecule has 2 aromatic rings. The minimum Gasteiger partial charge on any atom is -0.490 e. The van der Waals surface area contributed by atoms with Crippen LogP contribution >= 0.6 is 0 Å². The second-order valence-corrected chi connectivity index (χ2v) is 8.03. The van der Waals surface area contributed by atoms with Crippen LogP contribution in [0.15, 0.2) is 22.7 Å². The molecule has 2 heterocycles. The summed E-state index contributed by atoms with van der Waals surface area (Å²) in [7, 11) is 0. The Labute approximate surface area is 166 Å². The lowest BCUT2D eigenvalue weighted by Gasteiger charge is -2.18. The van der Waals surface area contributed by atoms with Crippen molar-refractivity contribution in [2.24, 2.45) is 0 Å². The fraction of sp³-hybridized carbons (Fsp3) is 0.571. The van der Waals surface area contributed by atoms with Crippen molar-refractivity contribution in [3.8, 4) is 11.5 Å². The Hall–Kier alpha value is -2.57. The Balaban J connectivity index is 1.71. The molecule has 0 spiro atoms. The molecule has 0 aliphatic carbocycles. The molecule has 1 atom stereocenters. The van der Waals surface area contributed by atoms with Gasteiger partial charge in [0.15, 0.2) is 17.3 Å². The smallest absolute Gasteiger partial charge is 0.232 e. The number of nitrogens with zero attached hydrogens (tertiary/aromatic N) is 3. The maximum atomic E-state index is 12.5. The topological polar surface area (TPSA) is 77.7 Å². The predicted molar refractivity (Wildman–Crippen MR) is 105 cm³/mol. The lowest BCUT2D eigenvalue weighted by molar-refractivity contribution is -0.128. The zero-order chi connectivity index (χ0) is 20.3. The molecule has 1 aromatic carbocycles. The quantitative estimate of drug-likeness (QED) is 0.721. The summed E-state index contributed by atoms with van der Waals surface area (Å²) >= 11 is 0. The first kappa shape index (κ1) is 20.2. The number of likely N-dealkylation sites (tertiary alicyclic amines) is 1. The number of hydrogen-bond donors (Lipinski definition) is 0. The van der Waals surface area contributed by atoms with Crippen LogP contribution in [-0.2, 0) is 16.8 Å². The molecule has 0 radical (unpaired) electrons. The van der Waals surface area contributed by atoms with Gasteiger partial charge in [-0.3, -0.25) is 4.79 Å². The predicted octanol–water partition coefficient (Wildman–Crippen LogP) is 3.68. The lowest BCUT2D eigenvalue weighted by Crippen LogP contribution is -2.24. The van der Waals surface area contributed by atoms with E-state index in [1.165, 1.54) is 0 Å². The van der Waals surface area contributed by atoms with Crippen molar-refractivity contribution < 1.29 is 18.8 Å². The van der Waals surface area contributed by atoms with Gasteiger partial charge in [0, 0.05) is 24.9 Å². The molecule has 1 aliphatic rings. The van der Waals surface area contributed by atoms with Crippen molar-refractivity contribution in [3.63, 3.8) is 0 Å². The second kappa shape index (κ2) is 8.20. The fourth-order valence-electron chi connectivity index (χ4n) is 3.21. The van der Waals surface area contributed by atoms with Crippen LogP contribution in [0.1, 0.15) is 64.2 Å². The fourth-order valence-corrected chi connectivity index (χ4v) is 3.21. The molecule has 152 valence electrons. The van der Waals surface area contributed by atoms with Crippen LogP contribution in [0.25, 0.3) is 0 Å². The number of carbonyl (C=O) groups is 1. The molecule has 0 bridgehead atoms. The van der Waals surface area contributed by atoms with Crippen molar-refractivity contribution in [2.45, 2.75) is 58.9 Å². The summed E-state index contributed by atoms with van der Waals surface area (Å²) in [4.78, 5) is 18.9. The van der Waals surface area contributed by atoms with Gasteiger partial charge in [-0.05, 0) is 31.5 Å². The number of hydrogen-bond acceptors (Lipinski definition) is 6. The normalized spacial score (nSPS) is 17.2. The summed E-state index contributed by atoms with van der Waals surface area (Å²) in [6.07, 6.45) is 0.390. The van der Waals surface area contributed by atoms with E-state index in [1.807, 2.05) is 57.7 Å². The van der Waals surface area contributed by atoms with Crippen molar-refractivity contribution in [2.75, 3.05) is 19.8 Å². The minimum absolute atomic E-state index is 0.0647. The van der Waals surface area contributed by atoms with E-state index in [0.29, 0.717) is 50.2 Å². The molecule has 1 fully saturated rings. The summed E-state index contributed by atoms with van der Waals surface area (Å²) < 4.78 is 16.7. The third-order valence-corrected chi connectivity index (χ3v) is 4.66. The van der Waals surface area contributed by atoms with Gasteiger partial charge in [0.05, 0.1) is 19.1 Å². The highest BCUT2D eigenvalue weighted by Gasteiger charge is 2.35. The van der Waals surface area contributed by atoms with E-state index < -0.39 is 0 Å². The van der Waals surface area contributed by atoms with Gasteiger partial charge in [0.25, 0.3) is 0 Å². The maximum absolute atomic E-state index is 12.5. The molecule has 1 unspecified atom stereocenters. The molecular formula is C21H29N3O4. The van der Waals surface area contributed by atoms with Gasteiger partial charge in [-0.1, -0.05) is 32.0 Å². The summed E-state index contributed by atoms with van der Waals surface area (Å²) in [5, 5.41) is 4.08. The molecule has 1 saturated heterocycles. The summed E-state index contributed by atoms with van der Waals surface area (Å²) in [5.74, 6) is 2.66. The molecule has 28 heavy (non-hydrogen) atoms. The molecule has 1 amide bonds. The average molecular weight is 387 g/mol.